The normalized spacial score (nSPS) is 16.3. The van der Waals surface area contributed by atoms with Crippen molar-refractivity contribution in [1.82, 2.24) is 20.4 Å². The molecule has 0 bridgehead atoms. The van der Waals surface area contributed by atoms with E-state index in [1.165, 1.54) is 5.56 Å². The van der Waals surface area contributed by atoms with E-state index < -0.39 is 5.60 Å². The van der Waals surface area contributed by atoms with E-state index in [0.29, 0.717) is 19.0 Å². The Bertz CT molecular complexity index is 688. The van der Waals surface area contributed by atoms with Crippen molar-refractivity contribution >= 4 is 11.9 Å². The Morgan fingerprint density at radius 1 is 1.20 bits per heavy atom. The van der Waals surface area contributed by atoms with Crippen LogP contribution in [0.1, 0.15) is 65.6 Å². The van der Waals surface area contributed by atoms with E-state index in [0.717, 1.165) is 37.8 Å². The summed E-state index contributed by atoms with van der Waals surface area (Å²) in [4.78, 5) is 14.6. The van der Waals surface area contributed by atoms with Crippen molar-refractivity contribution in [2.45, 2.75) is 72.6 Å². The quantitative estimate of drug-likeness (QED) is 0.669. The maximum atomic E-state index is 12.2. The second-order valence-electron chi connectivity index (χ2n) is 9.69. The zero-order chi connectivity index (χ0) is 22.5. The van der Waals surface area contributed by atoms with Crippen molar-refractivity contribution in [2.24, 2.45) is 13.0 Å². The van der Waals surface area contributed by atoms with E-state index in [4.69, 9.17) is 14.6 Å². The monoisotopic (exact) mass is 423 g/mol. The molecule has 172 valence electrons. The molecule has 1 fully saturated rings. The lowest BCUT2D eigenvalue weighted by molar-refractivity contribution is 0.0490. The van der Waals surface area contributed by atoms with Crippen molar-refractivity contribution in [3.05, 3.63) is 11.3 Å². The molecule has 0 spiro atoms. The van der Waals surface area contributed by atoms with E-state index in [1.807, 2.05) is 32.5 Å². The molecule has 1 atom stereocenters. The predicted molar refractivity (Wildman–Crippen MR) is 120 cm³/mol. The zero-order valence-electron chi connectivity index (χ0n) is 20.0. The predicted octanol–water partition coefficient (Wildman–Crippen LogP) is 3.02. The highest BCUT2D eigenvalue weighted by atomic mass is 16.6. The largest absolute Gasteiger partial charge is 0.444 e. The minimum absolute atomic E-state index is 0.0224. The summed E-state index contributed by atoms with van der Waals surface area (Å²) in [6.45, 7) is 18.8. The van der Waals surface area contributed by atoms with Crippen LogP contribution in [0.2, 0.25) is 0 Å². The number of ether oxygens (including phenoxy) is 2. The number of nitrogens with one attached hydrogen (secondary N) is 2. The number of morpholine rings is 1. The van der Waals surface area contributed by atoms with Crippen LogP contribution in [0.15, 0.2) is 0 Å². The summed E-state index contributed by atoms with van der Waals surface area (Å²) in [5.74, 6) is 1.78. The second kappa shape index (κ2) is 10.5. The van der Waals surface area contributed by atoms with Gasteiger partial charge in [-0.2, -0.15) is 5.10 Å². The Kier molecular flexibility index (Phi) is 8.55. The van der Waals surface area contributed by atoms with Gasteiger partial charge in [-0.05, 0) is 32.6 Å². The van der Waals surface area contributed by atoms with Crippen molar-refractivity contribution in [3.8, 4) is 0 Å². The molecule has 1 aliphatic heterocycles. The van der Waals surface area contributed by atoms with Crippen LogP contribution in [0.4, 0.5) is 10.6 Å². The fraction of sp³-hybridized carbons (Fsp3) is 0.818. The molecule has 8 heteroatoms. The molecule has 2 heterocycles. The summed E-state index contributed by atoms with van der Waals surface area (Å²) in [5, 5.41) is 11.4. The van der Waals surface area contributed by atoms with Crippen LogP contribution in [-0.2, 0) is 23.1 Å². The number of carbonyl (C=O) groups is 1. The molecule has 0 radical (unpaired) electrons. The number of anilines is 1. The maximum Gasteiger partial charge on any atom is 0.407 e. The van der Waals surface area contributed by atoms with E-state index in [2.05, 4.69) is 43.2 Å². The third-order valence-electron chi connectivity index (χ3n) is 5.17. The first kappa shape index (κ1) is 24.5. The molecule has 1 aromatic rings. The van der Waals surface area contributed by atoms with Gasteiger partial charge in [-0.15, -0.1) is 0 Å². The fourth-order valence-corrected chi connectivity index (χ4v) is 3.65. The molecule has 1 unspecified atom stereocenters. The van der Waals surface area contributed by atoms with Crippen LogP contribution in [0.25, 0.3) is 0 Å². The molecule has 1 saturated heterocycles. The van der Waals surface area contributed by atoms with Crippen molar-refractivity contribution in [1.29, 1.82) is 0 Å². The van der Waals surface area contributed by atoms with Crippen LogP contribution in [-0.4, -0.2) is 60.4 Å². The van der Waals surface area contributed by atoms with Gasteiger partial charge in [-0.1, -0.05) is 27.7 Å². The van der Waals surface area contributed by atoms with Crippen molar-refractivity contribution in [3.63, 3.8) is 0 Å². The summed E-state index contributed by atoms with van der Waals surface area (Å²) >= 11 is 0. The summed E-state index contributed by atoms with van der Waals surface area (Å²) in [6.07, 6.45) is -0.374. The molecule has 2 N–H and O–H groups in total. The average Bonchev–Trinajstić information content (AvgIpc) is 2.96. The fourth-order valence-electron chi connectivity index (χ4n) is 3.65. The van der Waals surface area contributed by atoms with Gasteiger partial charge in [0.15, 0.2) is 0 Å². The number of amides is 1. The lowest BCUT2D eigenvalue weighted by atomic mass is 10.0. The second-order valence-corrected chi connectivity index (χ2v) is 9.69. The molecule has 0 aliphatic carbocycles. The van der Waals surface area contributed by atoms with Gasteiger partial charge in [-0.3, -0.25) is 4.68 Å². The molecule has 0 saturated carbocycles. The molecule has 8 nitrogen and oxygen atoms in total. The van der Waals surface area contributed by atoms with Crippen molar-refractivity contribution in [2.75, 3.05) is 37.7 Å². The maximum absolute atomic E-state index is 12.2. The van der Waals surface area contributed by atoms with Gasteiger partial charge in [0.1, 0.15) is 11.4 Å². The molecular weight excluding hydrogens is 382 g/mol. The first-order valence-electron chi connectivity index (χ1n) is 11.1. The summed E-state index contributed by atoms with van der Waals surface area (Å²) in [7, 11) is 2.02. The van der Waals surface area contributed by atoms with Gasteiger partial charge in [-0.25, -0.2) is 4.79 Å². The number of carbonyl (C=O) groups excluding carboxylic acids is 1. The third kappa shape index (κ3) is 6.87. The van der Waals surface area contributed by atoms with Crippen LogP contribution in [0, 0.1) is 5.92 Å². The number of hydrogen-bond acceptors (Lipinski definition) is 6. The first-order valence-corrected chi connectivity index (χ1v) is 11.1. The zero-order valence-corrected chi connectivity index (χ0v) is 20.0. The van der Waals surface area contributed by atoms with E-state index in [1.54, 1.807) is 0 Å². The van der Waals surface area contributed by atoms with Gasteiger partial charge in [0, 0.05) is 44.8 Å². The molecular formula is C22H41N5O3. The Morgan fingerprint density at radius 2 is 1.83 bits per heavy atom. The van der Waals surface area contributed by atoms with Crippen LogP contribution >= 0.6 is 0 Å². The average molecular weight is 424 g/mol. The highest BCUT2D eigenvalue weighted by Crippen LogP contribution is 2.29. The lowest BCUT2D eigenvalue weighted by Crippen LogP contribution is -2.47. The Hall–Kier alpha value is -1.80. The highest BCUT2D eigenvalue weighted by molar-refractivity contribution is 5.68. The van der Waals surface area contributed by atoms with Gasteiger partial charge >= 0.3 is 6.09 Å². The number of aromatic nitrogens is 2. The van der Waals surface area contributed by atoms with Gasteiger partial charge in [0.25, 0.3) is 0 Å². The highest BCUT2D eigenvalue weighted by Gasteiger charge is 2.25. The van der Waals surface area contributed by atoms with Crippen LogP contribution in [0.5, 0.6) is 0 Å². The van der Waals surface area contributed by atoms with Gasteiger partial charge in [0.2, 0.25) is 0 Å². The number of hydrogen-bond donors (Lipinski definition) is 2. The molecule has 0 aromatic carbocycles. The SMILES string of the molecule is CC(C)c1nn(C)c(N2CCOCC2)c1CNCC(NC(=O)OC(C)(C)C)C(C)C. The number of rotatable bonds is 8. The van der Waals surface area contributed by atoms with E-state index in [9.17, 15) is 4.79 Å². The molecule has 1 aromatic heterocycles. The lowest BCUT2D eigenvalue weighted by Gasteiger charge is -2.30. The minimum Gasteiger partial charge on any atom is -0.444 e. The Morgan fingerprint density at radius 3 is 2.37 bits per heavy atom. The summed E-state index contributed by atoms with van der Waals surface area (Å²) < 4.78 is 12.9. The Balaban J connectivity index is 2.08. The molecule has 30 heavy (non-hydrogen) atoms. The van der Waals surface area contributed by atoms with Gasteiger partial charge < -0.3 is 25.0 Å². The smallest absolute Gasteiger partial charge is 0.407 e. The number of aryl methyl sites for hydroxylation is 1. The number of nitrogens with zero attached hydrogens (tertiary/aromatic N) is 3. The van der Waals surface area contributed by atoms with Gasteiger partial charge in [0.05, 0.1) is 18.9 Å². The summed E-state index contributed by atoms with van der Waals surface area (Å²) in [5.41, 5.74) is 1.84. The minimum atomic E-state index is -0.506. The first-order chi connectivity index (χ1) is 14.0. The Labute approximate surface area is 181 Å². The topological polar surface area (TPSA) is 80.7 Å². The number of alkyl carbamates (subject to hydrolysis) is 1. The molecule has 1 amide bonds. The van der Waals surface area contributed by atoms with E-state index in [-0.39, 0.29) is 18.1 Å². The summed E-state index contributed by atoms with van der Waals surface area (Å²) in [6, 6.07) is -0.0224. The van der Waals surface area contributed by atoms with Crippen molar-refractivity contribution < 1.29 is 14.3 Å². The standard InChI is InChI=1S/C22H41N5O3/c1-15(2)18(24-21(28)30-22(5,6)7)14-23-13-17-19(16(3)4)25-26(8)20(17)27-9-11-29-12-10-27/h15-16,18,23H,9-14H2,1-8H3,(H,24,28). The third-order valence-corrected chi connectivity index (χ3v) is 5.17. The van der Waals surface area contributed by atoms with Crippen LogP contribution in [0.3, 0.4) is 0 Å². The van der Waals surface area contributed by atoms with E-state index >= 15 is 0 Å². The molecule has 2 rings (SSSR count). The van der Waals surface area contributed by atoms with Crippen LogP contribution < -0.4 is 15.5 Å². The molecule has 1 aliphatic rings.